The highest BCUT2D eigenvalue weighted by molar-refractivity contribution is 6.31. The first-order valence-electron chi connectivity index (χ1n) is 9.25. The molecular formula is C19H26ClNO7. The number of nitro groups is 1. The van der Waals surface area contributed by atoms with Gasteiger partial charge in [-0.25, -0.2) is 0 Å². The zero-order valence-electron chi connectivity index (χ0n) is 16.6. The van der Waals surface area contributed by atoms with Crippen molar-refractivity contribution in [1.82, 2.24) is 0 Å². The van der Waals surface area contributed by atoms with Crippen LogP contribution >= 0.6 is 11.6 Å². The molecule has 0 radical (unpaired) electrons. The lowest BCUT2D eigenvalue weighted by Crippen LogP contribution is -2.26. The molecule has 1 unspecified atom stereocenters. The van der Waals surface area contributed by atoms with Gasteiger partial charge in [0.05, 0.1) is 44.3 Å². The van der Waals surface area contributed by atoms with Crippen molar-refractivity contribution in [2.75, 3.05) is 33.0 Å². The Hall–Kier alpha value is -1.90. The fourth-order valence-corrected chi connectivity index (χ4v) is 3.61. The minimum absolute atomic E-state index is 0.159. The molecule has 156 valence electrons. The fourth-order valence-electron chi connectivity index (χ4n) is 3.40. The summed E-state index contributed by atoms with van der Waals surface area (Å²) < 4.78 is 22.4. The highest BCUT2D eigenvalue weighted by Gasteiger charge is 2.40. The number of nitrogens with zero attached hydrogens (tertiary/aromatic N) is 1. The lowest BCUT2D eigenvalue weighted by Gasteiger charge is -2.29. The first-order valence-corrected chi connectivity index (χ1v) is 9.62. The Kier molecular flexibility index (Phi) is 7.63. The van der Waals surface area contributed by atoms with E-state index in [-0.39, 0.29) is 13.0 Å². The summed E-state index contributed by atoms with van der Waals surface area (Å²) in [7, 11) is 0. The smallest absolute Gasteiger partial charge is 0.306 e. The van der Waals surface area contributed by atoms with Gasteiger partial charge in [-0.2, -0.15) is 0 Å². The maximum Gasteiger partial charge on any atom is 0.306 e. The van der Waals surface area contributed by atoms with Crippen LogP contribution in [0.3, 0.4) is 0 Å². The normalized spacial score (nSPS) is 16.6. The molecule has 1 fully saturated rings. The van der Waals surface area contributed by atoms with Crippen molar-refractivity contribution >= 4 is 17.6 Å². The monoisotopic (exact) mass is 415 g/mol. The van der Waals surface area contributed by atoms with Gasteiger partial charge in [-0.15, -0.1) is 0 Å². The average molecular weight is 416 g/mol. The average Bonchev–Trinajstić information content (AvgIpc) is 3.05. The van der Waals surface area contributed by atoms with E-state index in [9.17, 15) is 14.9 Å². The molecule has 28 heavy (non-hydrogen) atoms. The van der Waals surface area contributed by atoms with Crippen LogP contribution in [0.5, 0.6) is 5.75 Å². The Morgan fingerprint density at radius 3 is 2.54 bits per heavy atom. The minimum atomic E-state index is -1.08. The Labute approximate surface area is 169 Å². The van der Waals surface area contributed by atoms with Gasteiger partial charge < -0.3 is 18.9 Å². The zero-order chi connectivity index (χ0) is 20.9. The summed E-state index contributed by atoms with van der Waals surface area (Å²) in [6, 6.07) is 1.70. The lowest BCUT2D eigenvalue weighted by molar-refractivity contribution is -0.483. The Bertz CT molecular complexity index is 731. The molecule has 0 amide bonds. The number of esters is 1. The van der Waals surface area contributed by atoms with Crippen molar-refractivity contribution in [3.05, 3.63) is 37.9 Å². The standard InChI is InChI=1S/C19H26ClNO7/c1-5-25-16(22)9-13(11-21(23)24)17-12(3)15(20)10-14(18(17)26-6-2)19(4)27-7-8-28-19/h10,13H,5-9,11H2,1-4H3. The van der Waals surface area contributed by atoms with Crippen LogP contribution in [-0.2, 0) is 24.8 Å². The van der Waals surface area contributed by atoms with E-state index in [0.29, 0.717) is 47.3 Å². The summed E-state index contributed by atoms with van der Waals surface area (Å²) >= 11 is 6.46. The summed E-state index contributed by atoms with van der Waals surface area (Å²) in [5.41, 5.74) is 1.68. The SMILES string of the molecule is CCOC(=O)CC(C[N+](=O)[O-])c1c(C)c(Cl)cc(C2(C)OCCO2)c1OCC. The molecule has 0 aliphatic carbocycles. The molecule has 1 aromatic carbocycles. The topological polar surface area (TPSA) is 97.1 Å². The van der Waals surface area contributed by atoms with Gasteiger partial charge in [0.15, 0.2) is 5.79 Å². The summed E-state index contributed by atoms with van der Waals surface area (Å²) in [4.78, 5) is 23.0. The molecule has 0 bridgehead atoms. The molecule has 1 atom stereocenters. The Balaban J connectivity index is 2.64. The van der Waals surface area contributed by atoms with Crippen molar-refractivity contribution in [3.8, 4) is 5.75 Å². The minimum Gasteiger partial charge on any atom is -0.493 e. The molecule has 8 nitrogen and oxygen atoms in total. The van der Waals surface area contributed by atoms with Gasteiger partial charge in [-0.3, -0.25) is 14.9 Å². The van der Waals surface area contributed by atoms with Crippen molar-refractivity contribution in [2.24, 2.45) is 0 Å². The number of benzene rings is 1. The molecule has 2 rings (SSSR count). The van der Waals surface area contributed by atoms with Gasteiger partial charge in [-0.05, 0) is 39.3 Å². The van der Waals surface area contributed by atoms with E-state index in [1.807, 2.05) is 6.92 Å². The molecule has 1 saturated heterocycles. The fraction of sp³-hybridized carbons (Fsp3) is 0.632. The van der Waals surface area contributed by atoms with E-state index < -0.39 is 29.1 Å². The second-order valence-electron chi connectivity index (χ2n) is 6.57. The maximum atomic E-state index is 12.1. The third-order valence-electron chi connectivity index (χ3n) is 4.63. The number of hydrogen-bond acceptors (Lipinski definition) is 7. The molecule has 0 saturated carbocycles. The maximum absolute atomic E-state index is 12.1. The summed E-state index contributed by atoms with van der Waals surface area (Å²) in [5, 5.41) is 11.7. The van der Waals surface area contributed by atoms with Crippen molar-refractivity contribution < 1.29 is 28.7 Å². The van der Waals surface area contributed by atoms with Crippen molar-refractivity contribution in [2.45, 2.75) is 45.8 Å². The van der Waals surface area contributed by atoms with Crippen LogP contribution in [-0.4, -0.2) is 43.9 Å². The number of halogens is 1. The van der Waals surface area contributed by atoms with E-state index in [2.05, 4.69) is 0 Å². The largest absolute Gasteiger partial charge is 0.493 e. The first kappa shape index (κ1) is 22.4. The first-order chi connectivity index (χ1) is 13.2. The van der Waals surface area contributed by atoms with Gasteiger partial charge in [0, 0.05) is 15.5 Å². The van der Waals surface area contributed by atoms with E-state index in [1.165, 1.54) is 0 Å². The van der Waals surface area contributed by atoms with Crippen LogP contribution < -0.4 is 4.74 Å². The van der Waals surface area contributed by atoms with E-state index in [1.54, 1.807) is 26.8 Å². The summed E-state index contributed by atoms with van der Waals surface area (Å²) in [6.07, 6.45) is -0.159. The number of hydrogen-bond donors (Lipinski definition) is 0. The number of carbonyl (C=O) groups excluding carboxylic acids is 1. The van der Waals surface area contributed by atoms with Crippen LogP contribution in [0.1, 0.15) is 49.8 Å². The molecule has 0 N–H and O–H groups in total. The van der Waals surface area contributed by atoms with Crippen LogP contribution in [0.2, 0.25) is 5.02 Å². The highest BCUT2D eigenvalue weighted by atomic mass is 35.5. The quantitative estimate of drug-likeness (QED) is 0.345. The van der Waals surface area contributed by atoms with Crippen LogP contribution in [0.15, 0.2) is 6.07 Å². The lowest BCUT2D eigenvalue weighted by atomic mass is 9.87. The van der Waals surface area contributed by atoms with Crippen LogP contribution in [0.4, 0.5) is 0 Å². The Morgan fingerprint density at radius 1 is 1.36 bits per heavy atom. The molecule has 1 aromatic rings. The molecule has 0 aromatic heterocycles. The van der Waals surface area contributed by atoms with Gasteiger partial charge >= 0.3 is 5.97 Å². The number of ether oxygens (including phenoxy) is 4. The molecule has 0 spiro atoms. The molecular weight excluding hydrogens is 390 g/mol. The van der Waals surface area contributed by atoms with Gasteiger partial charge in [0.2, 0.25) is 6.54 Å². The van der Waals surface area contributed by atoms with E-state index >= 15 is 0 Å². The molecule has 1 aliphatic rings. The van der Waals surface area contributed by atoms with Gasteiger partial charge in [0.1, 0.15) is 5.75 Å². The highest BCUT2D eigenvalue weighted by Crippen LogP contribution is 2.45. The van der Waals surface area contributed by atoms with Gasteiger partial charge in [0.25, 0.3) is 0 Å². The molecule has 1 aliphatic heterocycles. The van der Waals surface area contributed by atoms with Crippen LogP contribution in [0.25, 0.3) is 0 Å². The van der Waals surface area contributed by atoms with E-state index in [0.717, 1.165) is 0 Å². The number of carbonyl (C=O) groups is 1. The number of rotatable bonds is 9. The second kappa shape index (κ2) is 9.54. The zero-order valence-corrected chi connectivity index (χ0v) is 17.3. The molecule has 1 heterocycles. The third kappa shape index (κ3) is 4.92. The van der Waals surface area contributed by atoms with Crippen molar-refractivity contribution in [1.29, 1.82) is 0 Å². The third-order valence-corrected chi connectivity index (χ3v) is 5.03. The second-order valence-corrected chi connectivity index (χ2v) is 6.98. The molecule has 9 heteroatoms. The van der Waals surface area contributed by atoms with Gasteiger partial charge in [-0.1, -0.05) is 11.6 Å². The summed E-state index contributed by atoms with van der Waals surface area (Å²) in [6.45, 7) is 7.87. The van der Waals surface area contributed by atoms with E-state index in [4.69, 9.17) is 30.5 Å². The van der Waals surface area contributed by atoms with Crippen molar-refractivity contribution in [3.63, 3.8) is 0 Å². The van der Waals surface area contributed by atoms with Crippen LogP contribution in [0, 0.1) is 17.0 Å². The predicted molar refractivity (Wildman–Crippen MR) is 102 cm³/mol. The Morgan fingerprint density at radius 2 is 2.00 bits per heavy atom. The predicted octanol–water partition coefficient (Wildman–Crippen LogP) is 3.58. The summed E-state index contributed by atoms with van der Waals surface area (Å²) in [5.74, 6) is -1.96.